The van der Waals surface area contributed by atoms with Gasteiger partial charge in [-0.15, -0.1) is 0 Å². The summed E-state index contributed by atoms with van der Waals surface area (Å²) in [6.45, 7) is 12.4. The average Bonchev–Trinajstić information content (AvgIpc) is 3.17. The molecule has 1 aliphatic heterocycles. The molecule has 1 aliphatic carbocycles. The second-order valence-electron chi connectivity index (χ2n) is 9.31. The number of hydrogen-bond donors (Lipinski definition) is 1. The molecule has 0 aromatic carbocycles. The van der Waals surface area contributed by atoms with Crippen molar-refractivity contribution < 1.29 is 4.79 Å². The summed E-state index contributed by atoms with van der Waals surface area (Å²) >= 11 is 1.62. The van der Waals surface area contributed by atoms with Crippen LogP contribution in [0.5, 0.6) is 0 Å². The van der Waals surface area contributed by atoms with Gasteiger partial charge in [-0.3, -0.25) is 14.8 Å². The van der Waals surface area contributed by atoms with Crippen LogP contribution in [0.1, 0.15) is 67.7 Å². The van der Waals surface area contributed by atoms with E-state index in [1.54, 1.807) is 17.5 Å². The van der Waals surface area contributed by atoms with Crippen LogP contribution in [0.2, 0.25) is 0 Å². The molecule has 1 saturated heterocycles. The van der Waals surface area contributed by atoms with Gasteiger partial charge in [0.1, 0.15) is 5.00 Å². The molecular formula is C21H32N6OS. The minimum Gasteiger partial charge on any atom is -0.359 e. The Morgan fingerprint density at radius 3 is 2.45 bits per heavy atom. The molecule has 2 aliphatic rings. The normalized spacial score (nSPS) is 18.7. The lowest BCUT2D eigenvalue weighted by atomic mass is 9.83. The highest BCUT2D eigenvalue weighted by molar-refractivity contribution is 7.19. The van der Waals surface area contributed by atoms with E-state index < -0.39 is 0 Å². The number of anilines is 2. The zero-order valence-corrected chi connectivity index (χ0v) is 19.0. The van der Waals surface area contributed by atoms with Crippen LogP contribution < -0.4 is 10.2 Å². The smallest absolute Gasteiger partial charge is 0.260 e. The Balaban J connectivity index is 1.56. The zero-order chi connectivity index (χ0) is 20.8. The van der Waals surface area contributed by atoms with Crippen LogP contribution in [-0.4, -0.2) is 58.8 Å². The van der Waals surface area contributed by atoms with E-state index in [1.807, 2.05) is 11.6 Å². The first-order valence-corrected chi connectivity index (χ1v) is 11.4. The molecule has 4 rings (SSSR count). The molecule has 158 valence electrons. The summed E-state index contributed by atoms with van der Waals surface area (Å²) in [5.74, 6) is 0.411. The molecule has 0 bridgehead atoms. The number of nitrogens with one attached hydrogen (secondary N) is 1. The van der Waals surface area contributed by atoms with Crippen molar-refractivity contribution in [1.82, 2.24) is 19.7 Å². The van der Waals surface area contributed by atoms with E-state index in [0.717, 1.165) is 31.9 Å². The Labute approximate surface area is 177 Å². The Kier molecular flexibility index (Phi) is 5.42. The van der Waals surface area contributed by atoms with Gasteiger partial charge in [-0.2, -0.15) is 5.10 Å². The van der Waals surface area contributed by atoms with Gasteiger partial charge in [-0.1, -0.05) is 17.8 Å². The molecule has 8 heteroatoms. The molecule has 2 aromatic rings. The summed E-state index contributed by atoms with van der Waals surface area (Å²) in [6.07, 6.45) is 5.35. The third-order valence-corrected chi connectivity index (χ3v) is 7.07. The van der Waals surface area contributed by atoms with Crippen LogP contribution in [0.4, 0.5) is 10.1 Å². The number of carbonyl (C=O) groups is 1. The first-order valence-electron chi connectivity index (χ1n) is 10.5. The second kappa shape index (κ2) is 7.72. The van der Waals surface area contributed by atoms with Gasteiger partial charge in [-0.25, -0.2) is 4.98 Å². The molecule has 2 aromatic heterocycles. The van der Waals surface area contributed by atoms with E-state index in [9.17, 15) is 4.79 Å². The maximum Gasteiger partial charge on any atom is 0.260 e. The minimum atomic E-state index is -0.157. The molecule has 0 atom stereocenters. The molecule has 1 N–H and O–H groups in total. The van der Waals surface area contributed by atoms with Gasteiger partial charge in [0.25, 0.3) is 5.91 Å². The molecule has 2 fully saturated rings. The molecule has 29 heavy (non-hydrogen) atoms. The van der Waals surface area contributed by atoms with Crippen LogP contribution in [0.15, 0.2) is 6.20 Å². The predicted octanol–water partition coefficient (Wildman–Crippen LogP) is 3.67. The van der Waals surface area contributed by atoms with Crippen molar-refractivity contribution in [2.24, 2.45) is 0 Å². The number of amides is 1. The number of likely N-dealkylation sites (N-methyl/N-ethyl adjacent to an activating group) is 1. The Bertz CT molecular complexity index is 884. The highest BCUT2D eigenvalue weighted by Crippen LogP contribution is 2.44. The maximum absolute atomic E-state index is 13.0. The topological polar surface area (TPSA) is 66.3 Å². The van der Waals surface area contributed by atoms with Crippen LogP contribution in [-0.2, 0) is 5.54 Å². The van der Waals surface area contributed by atoms with Gasteiger partial charge >= 0.3 is 0 Å². The number of hydrogen-bond acceptors (Lipinski definition) is 6. The number of aromatic nitrogens is 3. The average molecular weight is 417 g/mol. The third-order valence-electron chi connectivity index (χ3n) is 6.03. The van der Waals surface area contributed by atoms with Gasteiger partial charge in [0.05, 0.1) is 23.0 Å². The van der Waals surface area contributed by atoms with Crippen molar-refractivity contribution in [3.8, 4) is 0 Å². The monoisotopic (exact) mass is 416 g/mol. The highest BCUT2D eigenvalue weighted by Gasteiger charge is 2.30. The van der Waals surface area contributed by atoms with Gasteiger partial charge in [0.2, 0.25) is 0 Å². The van der Waals surface area contributed by atoms with E-state index in [1.165, 1.54) is 30.0 Å². The standard InChI is InChI=1S/C21H32N6OS/c1-14-16(13-22-27(14)21(2,3)4)18(28)24-20-23-17(15-7-6-8-15)19(29-20)26-11-9-25(5)10-12-26/h13,15H,6-12H2,1-5H3,(H,23,24,28). The lowest BCUT2D eigenvalue weighted by molar-refractivity contribution is 0.102. The molecule has 3 heterocycles. The Morgan fingerprint density at radius 2 is 1.90 bits per heavy atom. The SMILES string of the molecule is Cc1c(C(=O)Nc2nc(C3CCC3)c(N3CCN(C)CC3)s2)cnn1C(C)(C)C. The van der Waals surface area contributed by atoms with Crippen molar-refractivity contribution >= 4 is 27.4 Å². The quantitative estimate of drug-likeness (QED) is 0.824. The molecule has 7 nitrogen and oxygen atoms in total. The minimum absolute atomic E-state index is 0.128. The van der Waals surface area contributed by atoms with E-state index in [-0.39, 0.29) is 11.4 Å². The molecule has 0 unspecified atom stereocenters. The Hall–Kier alpha value is -1.93. The van der Waals surface area contributed by atoms with Crippen LogP contribution in [0.3, 0.4) is 0 Å². The van der Waals surface area contributed by atoms with Gasteiger partial charge in [-0.05, 0) is 47.6 Å². The highest BCUT2D eigenvalue weighted by atomic mass is 32.1. The van der Waals surface area contributed by atoms with Crippen molar-refractivity contribution in [2.75, 3.05) is 43.4 Å². The summed E-state index contributed by atoms with van der Waals surface area (Å²) in [4.78, 5) is 22.6. The second-order valence-corrected chi connectivity index (χ2v) is 10.3. The molecule has 0 radical (unpaired) electrons. The van der Waals surface area contributed by atoms with Crippen LogP contribution in [0.25, 0.3) is 0 Å². The fourth-order valence-electron chi connectivity index (χ4n) is 4.03. The van der Waals surface area contributed by atoms with E-state index >= 15 is 0 Å². The lowest BCUT2D eigenvalue weighted by Crippen LogP contribution is -2.44. The van der Waals surface area contributed by atoms with Gasteiger partial charge in [0.15, 0.2) is 5.13 Å². The molecular weight excluding hydrogens is 384 g/mol. The van der Waals surface area contributed by atoms with Crippen LogP contribution >= 0.6 is 11.3 Å². The molecule has 1 amide bonds. The largest absolute Gasteiger partial charge is 0.359 e. The number of thiazole rings is 1. The first-order chi connectivity index (χ1) is 13.7. The van der Waals surface area contributed by atoms with Crippen molar-refractivity contribution in [3.05, 3.63) is 23.1 Å². The number of piperazine rings is 1. The summed E-state index contributed by atoms with van der Waals surface area (Å²) < 4.78 is 1.90. The fraction of sp³-hybridized carbons (Fsp3) is 0.667. The number of carbonyl (C=O) groups excluding carboxylic acids is 1. The van der Waals surface area contributed by atoms with Crippen molar-refractivity contribution in [3.63, 3.8) is 0 Å². The lowest BCUT2D eigenvalue weighted by Gasteiger charge is -2.35. The molecule has 1 saturated carbocycles. The van der Waals surface area contributed by atoms with E-state index in [4.69, 9.17) is 4.98 Å². The van der Waals surface area contributed by atoms with E-state index in [0.29, 0.717) is 16.6 Å². The predicted molar refractivity (Wildman–Crippen MR) is 118 cm³/mol. The number of nitrogens with zero attached hydrogens (tertiary/aromatic N) is 5. The van der Waals surface area contributed by atoms with Gasteiger partial charge in [0, 0.05) is 37.8 Å². The summed E-state index contributed by atoms with van der Waals surface area (Å²) in [5.41, 5.74) is 2.52. The van der Waals surface area contributed by atoms with Crippen molar-refractivity contribution in [2.45, 2.75) is 58.4 Å². The van der Waals surface area contributed by atoms with Crippen LogP contribution in [0, 0.1) is 6.92 Å². The summed E-state index contributed by atoms with van der Waals surface area (Å²) in [5, 5.41) is 9.44. The first kappa shape index (κ1) is 20.3. The maximum atomic E-state index is 13.0. The molecule has 0 spiro atoms. The van der Waals surface area contributed by atoms with E-state index in [2.05, 4.69) is 48.0 Å². The number of rotatable bonds is 4. The summed E-state index contributed by atoms with van der Waals surface area (Å²) in [6, 6.07) is 0. The zero-order valence-electron chi connectivity index (χ0n) is 18.2. The summed E-state index contributed by atoms with van der Waals surface area (Å²) in [7, 11) is 2.17. The third kappa shape index (κ3) is 4.05. The fourth-order valence-corrected chi connectivity index (χ4v) is 5.13. The van der Waals surface area contributed by atoms with Gasteiger partial charge < -0.3 is 9.80 Å². The van der Waals surface area contributed by atoms with Crippen molar-refractivity contribution in [1.29, 1.82) is 0 Å². The Morgan fingerprint density at radius 1 is 1.21 bits per heavy atom.